The molecular weight excluding hydrogens is 234 g/mol. The van der Waals surface area contributed by atoms with Gasteiger partial charge in [-0.3, -0.25) is 4.79 Å². The number of carbonyl (C=O) groups excluding carboxylic acids is 2. The third-order valence-electron chi connectivity index (χ3n) is 2.08. The molecule has 18 heavy (non-hydrogen) atoms. The van der Waals surface area contributed by atoms with Crippen LogP contribution in [0.5, 0.6) is 0 Å². The molecule has 6 heteroatoms. The molecule has 1 rings (SSSR count). The summed E-state index contributed by atoms with van der Waals surface area (Å²) in [5, 5.41) is 2.48. The summed E-state index contributed by atoms with van der Waals surface area (Å²) in [6, 6.07) is -0.672. The van der Waals surface area contributed by atoms with E-state index in [2.05, 4.69) is 10.3 Å². The quantitative estimate of drug-likeness (QED) is 0.829. The summed E-state index contributed by atoms with van der Waals surface area (Å²) in [6.45, 7) is 6.88. The highest BCUT2D eigenvalue weighted by atomic mass is 16.6. The molecule has 0 aromatic carbocycles. The van der Waals surface area contributed by atoms with Gasteiger partial charge in [-0.25, -0.2) is 9.78 Å². The largest absolute Gasteiger partial charge is 0.444 e. The molecule has 0 aliphatic carbocycles. The molecule has 0 fully saturated rings. The van der Waals surface area contributed by atoms with Gasteiger partial charge in [-0.05, 0) is 27.7 Å². The fourth-order valence-corrected chi connectivity index (χ4v) is 1.31. The fourth-order valence-electron chi connectivity index (χ4n) is 1.31. The average molecular weight is 253 g/mol. The van der Waals surface area contributed by atoms with Crippen LogP contribution in [0.2, 0.25) is 0 Å². The number of hydrogen-bond donors (Lipinski definition) is 1. The molecule has 100 valence electrons. The molecule has 1 aromatic heterocycles. The number of aryl methyl sites for hydroxylation is 1. The van der Waals surface area contributed by atoms with Crippen LogP contribution in [0.1, 0.15) is 38.2 Å². The van der Waals surface area contributed by atoms with Crippen molar-refractivity contribution < 1.29 is 14.3 Å². The first kappa shape index (κ1) is 14.2. The standard InChI is InChI=1S/C12H19N3O3/c1-8(14-11(17)18-12(2,3)4)10(16)9-6-15(5)7-13-9/h6-8H,1-5H3,(H,14,17)/t8-/m1/s1. The van der Waals surface area contributed by atoms with Crippen molar-refractivity contribution >= 4 is 11.9 Å². The van der Waals surface area contributed by atoms with Gasteiger partial charge in [0, 0.05) is 13.2 Å². The van der Waals surface area contributed by atoms with Gasteiger partial charge in [0.1, 0.15) is 11.3 Å². The van der Waals surface area contributed by atoms with Crippen molar-refractivity contribution in [3.05, 3.63) is 18.2 Å². The summed E-state index contributed by atoms with van der Waals surface area (Å²) >= 11 is 0. The van der Waals surface area contributed by atoms with Crippen LogP contribution in [0.3, 0.4) is 0 Å². The van der Waals surface area contributed by atoms with Gasteiger partial charge in [0.05, 0.1) is 12.4 Å². The minimum Gasteiger partial charge on any atom is -0.444 e. The van der Waals surface area contributed by atoms with E-state index in [1.807, 2.05) is 0 Å². The van der Waals surface area contributed by atoms with E-state index in [1.165, 1.54) is 6.33 Å². The van der Waals surface area contributed by atoms with Crippen LogP contribution < -0.4 is 5.32 Å². The van der Waals surface area contributed by atoms with Crippen molar-refractivity contribution in [3.63, 3.8) is 0 Å². The van der Waals surface area contributed by atoms with Gasteiger partial charge in [0.25, 0.3) is 0 Å². The minimum atomic E-state index is -0.672. The van der Waals surface area contributed by atoms with Crippen LogP contribution in [-0.2, 0) is 11.8 Å². The van der Waals surface area contributed by atoms with Gasteiger partial charge < -0.3 is 14.6 Å². The molecule has 1 amide bonds. The van der Waals surface area contributed by atoms with E-state index in [-0.39, 0.29) is 5.78 Å². The Kier molecular flexibility index (Phi) is 4.11. The van der Waals surface area contributed by atoms with Crippen LogP contribution >= 0.6 is 0 Å². The zero-order valence-electron chi connectivity index (χ0n) is 11.4. The van der Waals surface area contributed by atoms with Crippen LogP contribution in [0.4, 0.5) is 4.79 Å². The molecule has 0 saturated heterocycles. The molecule has 1 aromatic rings. The molecule has 0 spiro atoms. The summed E-state index contributed by atoms with van der Waals surface area (Å²) in [5.41, 5.74) is -0.265. The first-order valence-corrected chi connectivity index (χ1v) is 5.71. The zero-order chi connectivity index (χ0) is 13.9. The summed E-state index contributed by atoms with van der Waals surface area (Å²) in [7, 11) is 1.77. The maximum Gasteiger partial charge on any atom is 0.408 e. The lowest BCUT2D eigenvalue weighted by Crippen LogP contribution is -2.41. The van der Waals surface area contributed by atoms with Crippen molar-refractivity contribution in [2.24, 2.45) is 7.05 Å². The van der Waals surface area contributed by atoms with Crippen LogP contribution in [-0.4, -0.2) is 33.1 Å². The Balaban J connectivity index is 2.58. The van der Waals surface area contributed by atoms with E-state index >= 15 is 0 Å². The van der Waals surface area contributed by atoms with Gasteiger partial charge in [-0.1, -0.05) is 0 Å². The maximum absolute atomic E-state index is 11.9. The third kappa shape index (κ3) is 4.20. The Morgan fingerprint density at radius 2 is 2.06 bits per heavy atom. The van der Waals surface area contributed by atoms with E-state index in [9.17, 15) is 9.59 Å². The van der Waals surface area contributed by atoms with Crippen molar-refractivity contribution in [3.8, 4) is 0 Å². The summed E-state index contributed by atoms with van der Waals surface area (Å²) in [5.74, 6) is -0.249. The molecule has 0 saturated carbocycles. The number of ether oxygens (including phenoxy) is 1. The summed E-state index contributed by atoms with van der Waals surface area (Å²) < 4.78 is 6.75. The monoisotopic (exact) mass is 253 g/mol. The molecule has 1 N–H and O–H groups in total. The fraction of sp³-hybridized carbons (Fsp3) is 0.583. The van der Waals surface area contributed by atoms with E-state index in [4.69, 9.17) is 4.74 Å². The number of ketones is 1. The van der Waals surface area contributed by atoms with E-state index in [1.54, 1.807) is 45.5 Å². The number of hydrogen-bond acceptors (Lipinski definition) is 4. The SMILES string of the molecule is C[C@@H](NC(=O)OC(C)(C)C)C(=O)c1cn(C)cn1. The van der Waals surface area contributed by atoms with Crippen LogP contribution in [0.15, 0.2) is 12.5 Å². The second-order valence-electron chi connectivity index (χ2n) is 5.16. The summed E-state index contributed by atoms with van der Waals surface area (Å²) in [4.78, 5) is 27.4. The molecule has 1 heterocycles. The Bertz CT molecular complexity index is 446. The highest BCUT2D eigenvalue weighted by Crippen LogP contribution is 2.07. The normalized spacial score (nSPS) is 12.9. The highest BCUT2D eigenvalue weighted by Gasteiger charge is 2.22. The van der Waals surface area contributed by atoms with Crippen molar-refractivity contribution in [1.29, 1.82) is 0 Å². The number of aromatic nitrogens is 2. The second kappa shape index (κ2) is 5.20. The number of imidazole rings is 1. The number of nitrogens with one attached hydrogen (secondary N) is 1. The number of amides is 1. The van der Waals surface area contributed by atoms with Gasteiger partial charge in [-0.15, -0.1) is 0 Å². The van der Waals surface area contributed by atoms with Crippen molar-refractivity contribution in [2.75, 3.05) is 0 Å². The lowest BCUT2D eigenvalue weighted by molar-refractivity contribution is 0.0496. The molecule has 0 bridgehead atoms. The number of nitrogens with zero attached hydrogens (tertiary/aromatic N) is 2. The van der Waals surface area contributed by atoms with Crippen LogP contribution in [0, 0.1) is 0 Å². The Morgan fingerprint density at radius 3 is 2.50 bits per heavy atom. The third-order valence-corrected chi connectivity index (χ3v) is 2.08. The van der Waals surface area contributed by atoms with E-state index in [0.717, 1.165) is 0 Å². The second-order valence-corrected chi connectivity index (χ2v) is 5.16. The van der Waals surface area contributed by atoms with E-state index < -0.39 is 17.7 Å². The van der Waals surface area contributed by atoms with Gasteiger partial charge in [0.15, 0.2) is 0 Å². The Labute approximate surface area is 106 Å². The zero-order valence-corrected chi connectivity index (χ0v) is 11.4. The first-order valence-electron chi connectivity index (χ1n) is 5.71. The van der Waals surface area contributed by atoms with Gasteiger partial charge >= 0.3 is 6.09 Å². The number of carbonyl (C=O) groups is 2. The van der Waals surface area contributed by atoms with Gasteiger partial charge in [0.2, 0.25) is 5.78 Å². The summed E-state index contributed by atoms with van der Waals surface area (Å²) in [6.07, 6.45) is 2.53. The molecule has 6 nitrogen and oxygen atoms in total. The minimum absolute atomic E-state index is 0.249. The Hall–Kier alpha value is -1.85. The van der Waals surface area contributed by atoms with Crippen LogP contribution in [0.25, 0.3) is 0 Å². The lowest BCUT2D eigenvalue weighted by atomic mass is 10.1. The van der Waals surface area contributed by atoms with Crippen molar-refractivity contribution in [1.82, 2.24) is 14.9 Å². The number of Topliss-reactive ketones (excluding diaryl/α,β-unsaturated/α-hetero) is 1. The number of rotatable bonds is 3. The highest BCUT2D eigenvalue weighted by molar-refractivity contribution is 5.99. The predicted octanol–water partition coefficient (Wildman–Crippen LogP) is 1.52. The molecular formula is C12H19N3O3. The maximum atomic E-state index is 11.9. The first-order chi connectivity index (χ1) is 8.19. The van der Waals surface area contributed by atoms with E-state index in [0.29, 0.717) is 5.69 Å². The predicted molar refractivity (Wildman–Crippen MR) is 66.4 cm³/mol. The smallest absolute Gasteiger partial charge is 0.408 e. The topological polar surface area (TPSA) is 73.2 Å². The molecule has 1 atom stereocenters. The molecule has 0 unspecified atom stereocenters. The molecule has 0 radical (unpaired) electrons. The Morgan fingerprint density at radius 1 is 1.44 bits per heavy atom. The average Bonchev–Trinajstić information content (AvgIpc) is 2.60. The molecule has 0 aliphatic rings. The number of alkyl carbamates (subject to hydrolysis) is 1. The lowest BCUT2D eigenvalue weighted by Gasteiger charge is -2.21. The molecule has 0 aliphatic heterocycles. The van der Waals surface area contributed by atoms with Crippen molar-refractivity contribution in [2.45, 2.75) is 39.3 Å². The van der Waals surface area contributed by atoms with Gasteiger partial charge in [-0.2, -0.15) is 0 Å².